The van der Waals surface area contributed by atoms with Gasteiger partial charge in [0.2, 0.25) is 0 Å². The summed E-state index contributed by atoms with van der Waals surface area (Å²) in [4.78, 5) is 34.7. The molecule has 2 aromatic rings. The predicted molar refractivity (Wildman–Crippen MR) is 98.8 cm³/mol. The van der Waals surface area contributed by atoms with Gasteiger partial charge in [0.1, 0.15) is 11.5 Å². The molecule has 0 radical (unpaired) electrons. The van der Waals surface area contributed by atoms with Gasteiger partial charge in [0, 0.05) is 13.1 Å². The zero-order valence-corrected chi connectivity index (χ0v) is 15.1. The smallest absolute Gasteiger partial charge is 0.337 e. The molecule has 1 saturated heterocycles. The van der Waals surface area contributed by atoms with Crippen molar-refractivity contribution in [3.05, 3.63) is 46.9 Å². The number of nitrogens with one attached hydrogen (secondary N) is 1. The molecule has 0 spiro atoms. The first-order valence-corrected chi connectivity index (χ1v) is 8.72. The number of hydrogen-bond donors (Lipinski definition) is 1. The third kappa shape index (κ3) is 4.11. The number of carbonyl (C=O) groups excluding carboxylic acids is 2. The molecule has 0 bridgehead atoms. The average molecular weight is 375 g/mol. The molecule has 3 rings (SSSR count). The molecule has 0 unspecified atom stereocenters. The minimum atomic E-state index is -0.511. The summed E-state index contributed by atoms with van der Waals surface area (Å²) >= 11 is 6.09. The second kappa shape index (κ2) is 8.14. The Morgan fingerprint density at radius 2 is 1.92 bits per heavy atom. The number of benzene rings is 1. The summed E-state index contributed by atoms with van der Waals surface area (Å²) in [6.45, 7) is 1.91. The van der Waals surface area contributed by atoms with Crippen LogP contribution in [0.3, 0.4) is 0 Å². The molecule has 1 aliphatic heterocycles. The SMILES string of the molecule is COC(=O)c1ccc(Cl)c(NC(=O)c2cnc(N3CCCCC3)cn2)c1. The summed E-state index contributed by atoms with van der Waals surface area (Å²) in [5, 5.41) is 2.96. The number of hydrogen-bond acceptors (Lipinski definition) is 6. The van der Waals surface area contributed by atoms with Crippen LogP contribution in [0.25, 0.3) is 0 Å². The Morgan fingerprint density at radius 3 is 2.58 bits per heavy atom. The second-order valence-electron chi connectivity index (χ2n) is 5.95. The van der Waals surface area contributed by atoms with Crippen LogP contribution >= 0.6 is 11.6 Å². The highest BCUT2D eigenvalue weighted by Crippen LogP contribution is 2.24. The largest absolute Gasteiger partial charge is 0.465 e. The van der Waals surface area contributed by atoms with Gasteiger partial charge >= 0.3 is 5.97 Å². The van der Waals surface area contributed by atoms with Crippen LogP contribution < -0.4 is 10.2 Å². The third-order valence-electron chi connectivity index (χ3n) is 4.19. The summed E-state index contributed by atoms with van der Waals surface area (Å²) < 4.78 is 4.67. The van der Waals surface area contributed by atoms with Crippen molar-refractivity contribution in [2.45, 2.75) is 19.3 Å². The zero-order valence-electron chi connectivity index (χ0n) is 14.4. The maximum absolute atomic E-state index is 12.4. The molecule has 2 heterocycles. The summed E-state index contributed by atoms with van der Waals surface area (Å²) in [6, 6.07) is 4.51. The highest BCUT2D eigenvalue weighted by molar-refractivity contribution is 6.34. The number of esters is 1. The van der Waals surface area contributed by atoms with Crippen LogP contribution in [0, 0.1) is 0 Å². The number of rotatable bonds is 4. The average Bonchev–Trinajstić information content (AvgIpc) is 2.69. The standard InChI is InChI=1S/C18H19ClN4O3/c1-26-18(25)12-5-6-13(19)14(9-12)22-17(24)15-10-21-16(11-20-15)23-7-3-2-4-8-23/h5-6,9-11H,2-4,7-8H2,1H3,(H,22,24). The number of methoxy groups -OCH3 is 1. The Bertz CT molecular complexity index is 805. The fourth-order valence-corrected chi connectivity index (χ4v) is 2.94. The quantitative estimate of drug-likeness (QED) is 0.827. The summed E-state index contributed by atoms with van der Waals surface area (Å²) in [6.07, 6.45) is 6.55. The number of anilines is 2. The van der Waals surface area contributed by atoms with Gasteiger partial charge in [-0.1, -0.05) is 11.6 Å². The number of piperidine rings is 1. The van der Waals surface area contributed by atoms with Crippen molar-refractivity contribution in [2.75, 3.05) is 30.4 Å². The Hall–Kier alpha value is -2.67. The molecule has 1 aromatic heterocycles. The summed E-state index contributed by atoms with van der Waals surface area (Å²) in [7, 11) is 1.29. The van der Waals surface area contributed by atoms with Crippen molar-refractivity contribution in [1.29, 1.82) is 0 Å². The minimum Gasteiger partial charge on any atom is -0.465 e. The van der Waals surface area contributed by atoms with Gasteiger partial charge in [0.15, 0.2) is 0 Å². The monoisotopic (exact) mass is 374 g/mol. The lowest BCUT2D eigenvalue weighted by Gasteiger charge is -2.27. The van der Waals surface area contributed by atoms with Gasteiger partial charge < -0.3 is 15.0 Å². The lowest BCUT2D eigenvalue weighted by atomic mass is 10.1. The molecule has 1 aliphatic rings. The molecular weight excluding hydrogens is 356 g/mol. The van der Waals surface area contributed by atoms with Crippen molar-refractivity contribution >= 4 is 35.0 Å². The van der Waals surface area contributed by atoms with Crippen molar-refractivity contribution in [2.24, 2.45) is 0 Å². The maximum Gasteiger partial charge on any atom is 0.337 e. The van der Waals surface area contributed by atoms with Crippen LogP contribution in [-0.4, -0.2) is 42.0 Å². The molecule has 26 heavy (non-hydrogen) atoms. The number of nitrogens with zero attached hydrogens (tertiary/aromatic N) is 3. The molecule has 1 N–H and O–H groups in total. The number of halogens is 1. The molecule has 1 aromatic carbocycles. The van der Waals surface area contributed by atoms with E-state index in [0.29, 0.717) is 16.3 Å². The predicted octanol–water partition coefficient (Wildman–Crippen LogP) is 3.16. The molecule has 1 fully saturated rings. The van der Waals surface area contributed by atoms with Crippen molar-refractivity contribution in [1.82, 2.24) is 9.97 Å². The van der Waals surface area contributed by atoms with Gasteiger partial charge in [0.05, 0.1) is 35.8 Å². The van der Waals surface area contributed by atoms with Crippen LogP contribution in [0.2, 0.25) is 5.02 Å². The van der Waals surface area contributed by atoms with Crippen molar-refractivity contribution < 1.29 is 14.3 Å². The molecule has 7 nitrogen and oxygen atoms in total. The second-order valence-corrected chi connectivity index (χ2v) is 6.36. The highest BCUT2D eigenvalue weighted by atomic mass is 35.5. The normalized spacial score (nSPS) is 14.0. The van der Waals surface area contributed by atoms with Gasteiger partial charge in [-0.05, 0) is 37.5 Å². The first-order valence-electron chi connectivity index (χ1n) is 8.34. The van der Waals surface area contributed by atoms with Gasteiger partial charge in [-0.25, -0.2) is 14.8 Å². The lowest BCUT2D eigenvalue weighted by Crippen LogP contribution is -2.30. The Labute approximate surface area is 156 Å². The van der Waals surface area contributed by atoms with E-state index in [0.717, 1.165) is 31.7 Å². The van der Waals surface area contributed by atoms with Gasteiger partial charge in [-0.3, -0.25) is 4.79 Å². The fraction of sp³-hybridized carbons (Fsp3) is 0.333. The molecule has 0 saturated carbocycles. The van der Waals surface area contributed by atoms with E-state index in [4.69, 9.17) is 11.6 Å². The highest BCUT2D eigenvalue weighted by Gasteiger charge is 2.16. The molecule has 136 valence electrons. The van der Waals surface area contributed by atoms with Gasteiger partial charge in [-0.2, -0.15) is 0 Å². The molecule has 8 heteroatoms. The number of aromatic nitrogens is 2. The number of ether oxygens (including phenoxy) is 1. The first-order chi connectivity index (χ1) is 12.6. The molecule has 0 atom stereocenters. The topological polar surface area (TPSA) is 84.4 Å². The van der Waals surface area contributed by atoms with Crippen LogP contribution in [-0.2, 0) is 4.74 Å². The van der Waals surface area contributed by atoms with E-state index < -0.39 is 11.9 Å². The fourth-order valence-electron chi connectivity index (χ4n) is 2.78. The van der Waals surface area contributed by atoms with E-state index in [2.05, 4.69) is 24.9 Å². The number of amides is 1. The van der Waals surface area contributed by atoms with E-state index in [9.17, 15) is 9.59 Å². The minimum absolute atomic E-state index is 0.172. The first kappa shape index (κ1) is 18.1. The Morgan fingerprint density at radius 1 is 1.15 bits per heavy atom. The Kier molecular flexibility index (Phi) is 5.68. The van der Waals surface area contributed by atoms with Crippen molar-refractivity contribution in [3.8, 4) is 0 Å². The third-order valence-corrected chi connectivity index (χ3v) is 4.52. The van der Waals surface area contributed by atoms with Gasteiger partial charge in [-0.15, -0.1) is 0 Å². The van der Waals surface area contributed by atoms with E-state index in [1.807, 2.05) is 0 Å². The van der Waals surface area contributed by atoms with E-state index in [1.54, 1.807) is 6.20 Å². The van der Waals surface area contributed by atoms with Crippen LogP contribution in [0.4, 0.5) is 11.5 Å². The molecular formula is C18H19ClN4O3. The zero-order chi connectivity index (χ0) is 18.5. The molecule has 1 amide bonds. The van der Waals surface area contributed by atoms with Crippen LogP contribution in [0.5, 0.6) is 0 Å². The van der Waals surface area contributed by atoms with Crippen LogP contribution in [0.1, 0.15) is 40.1 Å². The van der Waals surface area contributed by atoms with E-state index >= 15 is 0 Å². The summed E-state index contributed by atoms with van der Waals surface area (Å²) in [5.74, 6) is -0.193. The summed E-state index contributed by atoms with van der Waals surface area (Å²) in [5.41, 5.74) is 0.769. The van der Waals surface area contributed by atoms with Crippen molar-refractivity contribution in [3.63, 3.8) is 0 Å². The van der Waals surface area contributed by atoms with Gasteiger partial charge in [0.25, 0.3) is 5.91 Å². The molecule has 0 aliphatic carbocycles. The lowest BCUT2D eigenvalue weighted by molar-refractivity contribution is 0.0600. The van der Waals surface area contributed by atoms with Crippen LogP contribution in [0.15, 0.2) is 30.6 Å². The van der Waals surface area contributed by atoms with E-state index in [-0.39, 0.29) is 5.69 Å². The van der Waals surface area contributed by atoms with E-state index in [1.165, 1.54) is 37.9 Å². The Balaban J connectivity index is 1.72. The maximum atomic E-state index is 12.4. The number of carbonyl (C=O) groups is 2.